The second-order valence-electron chi connectivity index (χ2n) is 7.20. The first-order valence-corrected chi connectivity index (χ1v) is 9.07. The smallest absolute Gasteiger partial charge is 0.271 e. The van der Waals surface area contributed by atoms with Crippen LogP contribution in [0.3, 0.4) is 0 Å². The van der Waals surface area contributed by atoms with Crippen molar-refractivity contribution in [3.05, 3.63) is 83.4 Å². The van der Waals surface area contributed by atoms with E-state index in [1.165, 1.54) is 0 Å². The highest BCUT2D eigenvalue weighted by molar-refractivity contribution is 5.97. The first-order chi connectivity index (χ1) is 13.1. The zero-order valence-corrected chi connectivity index (χ0v) is 15.4. The van der Waals surface area contributed by atoms with Crippen LogP contribution in [-0.4, -0.2) is 25.0 Å². The molecular formula is C22H20N4O. The van der Waals surface area contributed by atoms with Crippen LogP contribution in [0.15, 0.2) is 60.9 Å². The Morgan fingerprint density at radius 2 is 1.78 bits per heavy atom. The van der Waals surface area contributed by atoms with E-state index in [9.17, 15) is 4.79 Å². The van der Waals surface area contributed by atoms with Crippen molar-refractivity contribution in [2.45, 2.75) is 20.0 Å². The molecular weight excluding hydrogens is 336 g/mol. The minimum absolute atomic E-state index is 0.103. The summed E-state index contributed by atoms with van der Waals surface area (Å²) in [5.41, 5.74) is 7.43. The topological polar surface area (TPSA) is 42.5 Å². The molecule has 1 aromatic carbocycles. The minimum Gasteiger partial charge on any atom is -0.329 e. The second kappa shape index (κ2) is 5.84. The zero-order valence-electron chi connectivity index (χ0n) is 15.4. The molecule has 3 aromatic heterocycles. The van der Waals surface area contributed by atoms with Gasteiger partial charge in [-0.2, -0.15) is 5.10 Å². The van der Waals surface area contributed by atoms with Gasteiger partial charge < -0.3 is 9.30 Å². The van der Waals surface area contributed by atoms with E-state index in [1.54, 1.807) is 4.68 Å². The van der Waals surface area contributed by atoms with Crippen molar-refractivity contribution in [1.82, 2.24) is 19.1 Å². The fraction of sp³-hybridized carbons (Fsp3) is 0.182. The van der Waals surface area contributed by atoms with Crippen LogP contribution in [0.25, 0.3) is 16.6 Å². The Morgan fingerprint density at radius 1 is 1.00 bits per heavy atom. The quantitative estimate of drug-likeness (QED) is 0.560. The zero-order chi connectivity index (χ0) is 18.5. The van der Waals surface area contributed by atoms with Crippen molar-refractivity contribution in [3.63, 3.8) is 0 Å². The van der Waals surface area contributed by atoms with Gasteiger partial charge >= 0.3 is 0 Å². The summed E-state index contributed by atoms with van der Waals surface area (Å²) in [5, 5.41) is 4.22. The summed E-state index contributed by atoms with van der Waals surface area (Å²) in [7, 11) is 1.91. The molecule has 0 radical (unpaired) electrons. The third kappa shape index (κ3) is 2.54. The molecule has 5 rings (SSSR count). The van der Waals surface area contributed by atoms with Gasteiger partial charge in [-0.15, -0.1) is 0 Å². The number of fused-ring (bicyclic) bond motifs is 3. The average Bonchev–Trinajstić information content (AvgIpc) is 3.35. The summed E-state index contributed by atoms with van der Waals surface area (Å²) in [6.45, 7) is 3.31. The molecule has 1 aliphatic rings. The summed E-state index contributed by atoms with van der Waals surface area (Å²) in [6, 6.07) is 16.6. The Hall–Kier alpha value is -3.34. The molecule has 4 aromatic rings. The largest absolute Gasteiger partial charge is 0.329 e. The molecule has 0 atom stereocenters. The lowest BCUT2D eigenvalue weighted by atomic mass is 10.1. The molecule has 27 heavy (non-hydrogen) atoms. The van der Waals surface area contributed by atoms with Gasteiger partial charge in [0.25, 0.3) is 5.91 Å². The summed E-state index contributed by atoms with van der Waals surface area (Å²) >= 11 is 0. The van der Waals surface area contributed by atoms with E-state index < -0.39 is 0 Å². The molecule has 1 amide bonds. The number of carbonyl (C=O) groups is 1. The minimum atomic E-state index is 0.103. The number of carbonyl (C=O) groups excluding carboxylic acids is 1. The summed E-state index contributed by atoms with van der Waals surface area (Å²) < 4.78 is 3.87. The summed E-state index contributed by atoms with van der Waals surface area (Å²) in [6.07, 6.45) is 3.86. The lowest BCUT2D eigenvalue weighted by molar-refractivity contribution is 0.0761. The molecule has 0 aliphatic carbocycles. The van der Waals surface area contributed by atoms with Crippen LogP contribution in [0.4, 0.5) is 0 Å². The maximum atomic E-state index is 13.1. The molecule has 0 saturated heterocycles. The lowest BCUT2D eigenvalue weighted by Crippen LogP contribution is -2.24. The van der Waals surface area contributed by atoms with E-state index in [0.29, 0.717) is 13.1 Å². The monoisotopic (exact) mass is 356 g/mol. The fourth-order valence-corrected chi connectivity index (χ4v) is 3.91. The number of hydrogen-bond donors (Lipinski definition) is 0. The first-order valence-electron chi connectivity index (χ1n) is 9.07. The number of nitrogens with zero attached hydrogens (tertiary/aromatic N) is 4. The van der Waals surface area contributed by atoms with Gasteiger partial charge in [0.2, 0.25) is 0 Å². The predicted molar refractivity (Wildman–Crippen MR) is 104 cm³/mol. The summed E-state index contributed by atoms with van der Waals surface area (Å²) in [5.74, 6) is 0.103. The normalized spacial score (nSPS) is 13.6. The molecule has 0 saturated carbocycles. The molecule has 0 unspecified atom stereocenters. The Bertz CT molecular complexity index is 1170. The van der Waals surface area contributed by atoms with Gasteiger partial charge in [-0.05, 0) is 36.2 Å². The molecule has 0 fully saturated rings. The van der Waals surface area contributed by atoms with Crippen LogP contribution < -0.4 is 0 Å². The van der Waals surface area contributed by atoms with Crippen LogP contribution in [-0.2, 0) is 20.1 Å². The third-order valence-electron chi connectivity index (χ3n) is 5.31. The van der Waals surface area contributed by atoms with E-state index in [1.807, 2.05) is 31.3 Å². The van der Waals surface area contributed by atoms with Crippen LogP contribution in [0.1, 0.15) is 27.3 Å². The number of pyridine rings is 1. The van der Waals surface area contributed by atoms with Crippen LogP contribution >= 0.6 is 0 Å². The van der Waals surface area contributed by atoms with Crippen molar-refractivity contribution in [3.8, 4) is 11.1 Å². The maximum Gasteiger partial charge on any atom is 0.271 e. The van der Waals surface area contributed by atoms with E-state index in [2.05, 4.69) is 58.0 Å². The first kappa shape index (κ1) is 15.9. The Balaban J connectivity index is 1.41. The number of amides is 1. The van der Waals surface area contributed by atoms with Crippen LogP contribution in [0, 0.1) is 6.92 Å². The van der Waals surface area contributed by atoms with Crippen molar-refractivity contribution in [1.29, 1.82) is 0 Å². The molecule has 134 valence electrons. The van der Waals surface area contributed by atoms with Gasteiger partial charge in [0, 0.05) is 48.7 Å². The van der Waals surface area contributed by atoms with Gasteiger partial charge in [-0.1, -0.05) is 30.3 Å². The molecule has 4 heterocycles. The summed E-state index contributed by atoms with van der Waals surface area (Å²) in [4.78, 5) is 15.0. The van der Waals surface area contributed by atoms with Gasteiger partial charge in [-0.25, -0.2) is 0 Å². The van der Waals surface area contributed by atoms with Gasteiger partial charge in [0.05, 0.1) is 6.20 Å². The molecule has 5 nitrogen and oxygen atoms in total. The van der Waals surface area contributed by atoms with E-state index >= 15 is 0 Å². The highest BCUT2D eigenvalue weighted by Gasteiger charge is 2.30. The van der Waals surface area contributed by atoms with E-state index in [4.69, 9.17) is 0 Å². The van der Waals surface area contributed by atoms with Crippen molar-refractivity contribution >= 4 is 11.4 Å². The number of aryl methyl sites for hydroxylation is 2. The molecule has 0 N–H and O–H groups in total. The number of benzene rings is 1. The van der Waals surface area contributed by atoms with Crippen molar-refractivity contribution in [2.75, 3.05) is 0 Å². The predicted octanol–water partition coefficient (Wildman–Crippen LogP) is 3.80. The Morgan fingerprint density at radius 3 is 2.52 bits per heavy atom. The molecule has 0 bridgehead atoms. The fourth-order valence-electron chi connectivity index (χ4n) is 3.91. The maximum absolute atomic E-state index is 13.1. The Labute approximate surface area is 157 Å². The van der Waals surface area contributed by atoms with Crippen LogP contribution in [0.2, 0.25) is 0 Å². The van der Waals surface area contributed by atoms with E-state index in [-0.39, 0.29) is 5.91 Å². The molecule has 0 spiro atoms. The van der Waals surface area contributed by atoms with Crippen molar-refractivity contribution < 1.29 is 4.79 Å². The lowest BCUT2D eigenvalue weighted by Gasteiger charge is -2.16. The second-order valence-corrected chi connectivity index (χ2v) is 7.20. The van der Waals surface area contributed by atoms with Crippen LogP contribution in [0.5, 0.6) is 0 Å². The van der Waals surface area contributed by atoms with Gasteiger partial charge in [0.15, 0.2) is 0 Å². The number of hydrogen-bond acceptors (Lipinski definition) is 2. The van der Waals surface area contributed by atoms with E-state index in [0.717, 1.165) is 39.2 Å². The van der Waals surface area contributed by atoms with Gasteiger partial charge in [-0.3, -0.25) is 9.48 Å². The SMILES string of the molecule is Cc1ccc2ccc3c(n12)C(=O)N(Cc1ccc(-c2cnn(C)c2)cc1)C3. The van der Waals surface area contributed by atoms with Gasteiger partial charge in [0.1, 0.15) is 5.69 Å². The third-order valence-corrected chi connectivity index (χ3v) is 5.31. The molecule has 5 heteroatoms. The highest BCUT2D eigenvalue weighted by Crippen LogP contribution is 2.28. The molecule has 1 aliphatic heterocycles. The Kier molecular flexibility index (Phi) is 3.44. The number of rotatable bonds is 3. The number of aromatic nitrogens is 3. The van der Waals surface area contributed by atoms with Crippen molar-refractivity contribution in [2.24, 2.45) is 7.05 Å². The highest BCUT2D eigenvalue weighted by atomic mass is 16.2. The average molecular weight is 356 g/mol. The standard InChI is InChI=1S/C22H20N4O/c1-15-3-9-20-10-8-18-14-25(22(27)21(18)26(15)20)12-16-4-6-17(7-5-16)19-11-23-24(2)13-19/h3-11,13H,12,14H2,1-2H3.